The summed E-state index contributed by atoms with van der Waals surface area (Å²) in [6.07, 6.45) is 2.88. The average Bonchev–Trinajstić information content (AvgIpc) is 3.46. The van der Waals surface area contributed by atoms with Gasteiger partial charge >= 0.3 is 0 Å². The molecule has 1 aliphatic carbocycles. The van der Waals surface area contributed by atoms with Crippen molar-refractivity contribution >= 4 is 11.8 Å². The van der Waals surface area contributed by atoms with Crippen LogP contribution in [0.15, 0.2) is 30.3 Å². The van der Waals surface area contributed by atoms with Crippen molar-refractivity contribution in [2.75, 3.05) is 26.2 Å². The standard InChI is InChI=1S/C22H28N4O2/c1-16-12-17(2)26(23-16)15-19-4-3-5-20(13-19)22(28)24-9-8-21(27)25(11-10-24)14-18-6-7-18/h3-5,12-13,18H,6-11,14-15H2,1-2H3. The summed E-state index contributed by atoms with van der Waals surface area (Å²) in [5.41, 5.74) is 3.84. The number of rotatable bonds is 5. The molecule has 28 heavy (non-hydrogen) atoms. The zero-order valence-electron chi connectivity index (χ0n) is 16.7. The number of carbonyl (C=O) groups excluding carboxylic acids is 2. The maximum Gasteiger partial charge on any atom is 0.253 e. The van der Waals surface area contributed by atoms with Crippen molar-refractivity contribution in [1.29, 1.82) is 0 Å². The number of benzene rings is 1. The summed E-state index contributed by atoms with van der Waals surface area (Å²) < 4.78 is 1.96. The van der Waals surface area contributed by atoms with Gasteiger partial charge in [-0.3, -0.25) is 14.3 Å². The summed E-state index contributed by atoms with van der Waals surface area (Å²) in [5, 5.41) is 4.51. The lowest BCUT2D eigenvalue weighted by molar-refractivity contribution is -0.130. The smallest absolute Gasteiger partial charge is 0.253 e. The van der Waals surface area contributed by atoms with Crippen molar-refractivity contribution in [3.8, 4) is 0 Å². The third-order valence-corrected chi connectivity index (χ3v) is 5.66. The Morgan fingerprint density at radius 1 is 1.14 bits per heavy atom. The second kappa shape index (κ2) is 7.78. The molecule has 2 amide bonds. The first kappa shape index (κ1) is 18.7. The minimum Gasteiger partial charge on any atom is -0.341 e. The zero-order valence-corrected chi connectivity index (χ0v) is 16.7. The predicted molar refractivity (Wildman–Crippen MR) is 107 cm³/mol. The van der Waals surface area contributed by atoms with Crippen molar-refractivity contribution in [1.82, 2.24) is 19.6 Å². The normalized spacial score (nSPS) is 17.7. The highest BCUT2D eigenvalue weighted by Crippen LogP contribution is 2.30. The molecule has 0 spiro atoms. The van der Waals surface area contributed by atoms with Gasteiger partial charge in [-0.1, -0.05) is 12.1 Å². The van der Waals surface area contributed by atoms with Crippen molar-refractivity contribution in [3.05, 3.63) is 52.8 Å². The van der Waals surface area contributed by atoms with Gasteiger partial charge in [-0.15, -0.1) is 0 Å². The van der Waals surface area contributed by atoms with Crippen LogP contribution in [0.3, 0.4) is 0 Å². The number of nitrogens with zero attached hydrogens (tertiary/aromatic N) is 4. The van der Waals surface area contributed by atoms with E-state index < -0.39 is 0 Å². The highest BCUT2D eigenvalue weighted by Gasteiger charge is 2.29. The third kappa shape index (κ3) is 4.26. The molecule has 1 saturated heterocycles. The van der Waals surface area contributed by atoms with E-state index in [9.17, 15) is 9.59 Å². The molecule has 6 nitrogen and oxygen atoms in total. The molecule has 0 atom stereocenters. The van der Waals surface area contributed by atoms with Gasteiger partial charge in [-0.05, 0) is 56.4 Å². The monoisotopic (exact) mass is 380 g/mol. The summed E-state index contributed by atoms with van der Waals surface area (Å²) in [6.45, 7) is 7.28. The predicted octanol–water partition coefficient (Wildman–Crippen LogP) is 2.63. The Kier molecular flexibility index (Phi) is 5.20. The van der Waals surface area contributed by atoms with E-state index in [4.69, 9.17) is 0 Å². The van der Waals surface area contributed by atoms with Crippen molar-refractivity contribution in [3.63, 3.8) is 0 Å². The van der Waals surface area contributed by atoms with E-state index in [2.05, 4.69) is 11.2 Å². The minimum absolute atomic E-state index is 0.0105. The first-order valence-electron chi connectivity index (χ1n) is 10.2. The van der Waals surface area contributed by atoms with Gasteiger partial charge in [0.25, 0.3) is 5.91 Å². The van der Waals surface area contributed by atoms with E-state index in [0.29, 0.717) is 44.1 Å². The van der Waals surface area contributed by atoms with Crippen LogP contribution in [-0.2, 0) is 11.3 Å². The van der Waals surface area contributed by atoms with E-state index in [-0.39, 0.29) is 11.8 Å². The minimum atomic E-state index is 0.0105. The van der Waals surface area contributed by atoms with E-state index in [0.717, 1.165) is 23.5 Å². The second-order valence-electron chi connectivity index (χ2n) is 8.11. The Balaban J connectivity index is 1.44. The van der Waals surface area contributed by atoms with Crippen LogP contribution >= 0.6 is 0 Å². The molecule has 2 fully saturated rings. The first-order valence-corrected chi connectivity index (χ1v) is 10.2. The van der Waals surface area contributed by atoms with Gasteiger partial charge in [-0.25, -0.2) is 0 Å². The second-order valence-corrected chi connectivity index (χ2v) is 8.11. The lowest BCUT2D eigenvalue weighted by Gasteiger charge is -2.22. The number of hydrogen-bond donors (Lipinski definition) is 0. The molecule has 2 heterocycles. The lowest BCUT2D eigenvalue weighted by atomic mass is 10.1. The number of hydrogen-bond acceptors (Lipinski definition) is 3. The third-order valence-electron chi connectivity index (χ3n) is 5.66. The fourth-order valence-corrected chi connectivity index (χ4v) is 3.87. The molecule has 4 rings (SSSR count). The highest BCUT2D eigenvalue weighted by atomic mass is 16.2. The van der Waals surface area contributed by atoms with E-state index >= 15 is 0 Å². The van der Waals surface area contributed by atoms with Gasteiger partial charge in [-0.2, -0.15) is 5.10 Å². The molecule has 2 aliphatic rings. The Morgan fingerprint density at radius 3 is 2.68 bits per heavy atom. The molecule has 0 radical (unpaired) electrons. The molecule has 1 aromatic carbocycles. The van der Waals surface area contributed by atoms with Gasteiger partial charge in [0.15, 0.2) is 0 Å². The molecule has 148 valence electrons. The fourth-order valence-electron chi connectivity index (χ4n) is 3.87. The van der Waals surface area contributed by atoms with Gasteiger partial charge in [0.05, 0.1) is 12.2 Å². The Labute approximate surface area is 166 Å². The molecule has 1 aromatic heterocycles. The average molecular weight is 380 g/mol. The van der Waals surface area contributed by atoms with Gasteiger partial charge in [0.2, 0.25) is 5.91 Å². The number of amides is 2. The molecule has 0 unspecified atom stereocenters. The Hall–Kier alpha value is -2.63. The Morgan fingerprint density at radius 2 is 1.96 bits per heavy atom. The van der Waals surface area contributed by atoms with Crippen LogP contribution in [0.25, 0.3) is 0 Å². The van der Waals surface area contributed by atoms with Crippen molar-refractivity contribution in [2.24, 2.45) is 5.92 Å². The van der Waals surface area contributed by atoms with Gasteiger partial charge in [0, 0.05) is 43.9 Å². The maximum atomic E-state index is 13.0. The molecule has 1 saturated carbocycles. The number of aryl methyl sites for hydroxylation is 2. The van der Waals surface area contributed by atoms with Gasteiger partial charge in [0.1, 0.15) is 0 Å². The molecular weight excluding hydrogens is 352 g/mol. The van der Waals surface area contributed by atoms with Crippen molar-refractivity contribution in [2.45, 2.75) is 39.7 Å². The number of aromatic nitrogens is 2. The first-order chi connectivity index (χ1) is 13.5. The SMILES string of the molecule is Cc1cc(C)n(Cc2cccc(C(=O)N3CCC(=O)N(CC4CC4)CC3)c2)n1. The van der Waals surface area contributed by atoms with E-state index in [1.54, 1.807) is 0 Å². The highest BCUT2D eigenvalue weighted by molar-refractivity contribution is 5.95. The van der Waals surface area contributed by atoms with Crippen LogP contribution in [0, 0.1) is 19.8 Å². The summed E-state index contributed by atoms with van der Waals surface area (Å²) in [5.74, 6) is 0.869. The molecule has 0 N–H and O–H groups in total. The summed E-state index contributed by atoms with van der Waals surface area (Å²) in [6, 6.07) is 9.82. The Bertz CT molecular complexity index is 884. The summed E-state index contributed by atoms with van der Waals surface area (Å²) in [4.78, 5) is 29.2. The molecular formula is C22H28N4O2. The number of carbonyl (C=O) groups is 2. The van der Waals surface area contributed by atoms with Crippen molar-refractivity contribution < 1.29 is 9.59 Å². The van der Waals surface area contributed by atoms with Crippen LogP contribution in [0.2, 0.25) is 0 Å². The summed E-state index contributed by atoms with van der Waals surface area (Å²) >= 11 is 0. The molecule has 2 aromatic rings. The van der Waals surface area contributed by atoms with Crippen LogP contribution < -0.4 is 0 Å². The van der Waals surface area contributed by atoms with E-state index in [1.807, 2.05) is 52.6 Å². The van der Waals surface area contributed by atoms with Crippen LogP contribution in [0.4, 0.5) is 0 Å². The van der Waals surface area contributed by atoms with Crippen LogP contribution in [0.5, 0.6) is 0 Å². The molecule has 6 heteroatoms. The zero-order chi connectivity index (χ0) is 19.7. The largest absolute Gasteiger partial charge is 0.341 e. The quantitative estimate of drug-likeness (QED) is 0.801. The topological polar surface area (TPSA) is 58.4 Å². The lowest BCUT2D eigenvalue weighted by Crippen LogP contribution is -2.36. The van der Waals surface area contributed by atoms with Gasteiger partial charge < -0.3 is 9.80 Å². The van der Waals surface area contributed by atoms with Crippen LogP contribution in [-0.4, -0.2) is 57.6 Å². The van der Waals surface area contributed by atoms with E-state index in [1.165, 1.54) is 12.8 Å². The fraction of sp³-hybridized carbons (Fsp3) is 0.500. The van der Waals surface area contributed by atoms with Crippen LogP contribution in [0.1, 0.15) is 46.6 Å². The molecule has 1 aliphatic heterocycles. The molecule has 0 bridgehead atoms. The summed E-state index contributed by atoms with van der Waals surface area (Å²) in [7, 11) is 0. The maximum absolute atomic E-state index is 13.0.